The lowest BCUT2D eigenvalue weighted by Crippen LogP contribution is -2.48. The number of aliphatic imine (C=N–C) groups is 1. The van der Waals surface area contributed by atoms with Crippen LogP contribution in [-0.2, 0) is 16.0 Å². The Labute approximate surface area is 150 Å². The van der Waals surface area contributed by atoms with Crippen molar-refractivity contribution in [1.29, 1.82) is 0 Å². The number of fused-ring (bicyclic) bond motifs is 1. The average molecular weight is 354 g/mol. The molecule has 1 unspecified atom stereocenters. The maximum Gasteiger partial charge on any atom is 0.261 e. The van der Waals surface area contributed by atoms with Crippen LogP contribution in [0.5, 0.6) is 0 Å². The summed E-state index contributed by atoms with van der Waals surface area (Å²) < 4.78 is 0. The summed E-state index contributed by atoms with van der Waals surface area (Å²) in [4.78, 5) is 33.0. The lowest BCUT2D eigenvalue weighted by Gasteiger charge is -2.28. The van der Waals surface area contributed by atoms with Crippen LogP contribution in [0.4, 0.5) is 5.69 Å². The Morgan fingerprint density at radius 1 is 0.960 bits per heavy atom. The monoisotopic (exact) mass is 353 g/mol. The number of anilines is 1. The molecule has 0 saturated carbocycles. The second-order valence-corrected chi connectivity index (χ2v) is 6.49. The first-order chi connectivity index (χ1) is 12.1. The van der Waals surface area contributed by atoms with E-state index in [-0.39, 0.29) is 11.8 Å². The molecule has 4 rings (SSSR count). The normalized spacial score (nSPS) is 19.9. The maximum atomic E-state index is 12.8. The van der Waals surface area contributed by atoms with Gasteiger partial charge in [0.15, 0.2) is 0 Å². The van der Waals surface area contributed by atoms with Crippen molar-refractivity contribution in [2.75, 3.05) is 18.0 Å². The fourth-order valence-corrected chi connectivity index (χ4v) is 3.51. The van der Waals surface area contributed by atoms with Gasteiger partial charge in [-0.25, -0.2) is 0 Å². The molecule has 126 valence electrons. The van der Waals surface area contributed by atoms with Crippen LogP contribution in [0.3, 0.4) is 0 Å². The molecule has 1 atom stereocenters. The summed E-state index contributed by atoms with van der Waals surface area (Å²) >= 11 is 6.26. The smallest absolute Gasteiger partial charge is 0.261 e. The van der Waals surface area contributed by atoms with Crippen LogP contribution in [0.1, 0.15) is 5.56 Å². The fraction of sp³-hybridized carbons (Fsp3) is 0.211. The summed E-state index contributed by atoms with van der Waals surface area (Å²) in [6.45, 7) is 1.07. The Morgan fingerprint density at radius 3 is 2.40 bits per heavy atom. The fourth-order valence-electron chi connectivity index (χ4n) is 3.27. The number of hydrogen-bond acceptors (Lipinski definition) is 3. The van der Waals surface area contributed by atoms with Gasteiger partial charge in [0.2, 0.25) is 11.9 Å². The van der Waals surface area contributed by atoms with Crippen molar-refractivity contribution in [3.8, 4) is 0 Å². The van der Waals surface area contributed by atoms with E-state index in [1.54, 1.807) is 11.0 Å². The maximum absolute atomic E-state index is 12.8. The van der Waals surface area contributed by atoms with Crippen molar-refractivity contribution in [1.82, 2.24) is 4.90 Å². The zero-order chi connectivity index (χ0) is 17.4. The third-order valence-corrected chi connectivity index (χ3v) is 4.85. The highest BCUT2D eigenvalue weighted by Crippen LogP contribution is 2.31. The van der Waals surface area contributed by atoms with E-state index in [1.165, 1.54) is 0 Å². The summed E-state index contributed by atoms with van der Waals surface area (Å²) in [5.74, 6) is -0.947. The Hall–Kier alpha value is -2.66. The molecule has 25 heavy (non-hydrogen) atoms. The minimum Gasteiger partial charge on any atom is -0.308 e. The molecule has 1 fully saturated rings. The number of para-hydroxylation sites is 1. The van der Waals surface area contributed by atoms with E-state index in [2.05, 4.69) is 4.99 Å². The third kappa shape index (κ3) is 2.81. The van der Waals surface area contributed by atoms with E-state index in [0.717, 1.165) is 11.3 Å². The molecule has 5 nitrogen and oxygen atoms in total. The standard InChI is InChI=1S/C19H16ClN3O2/c20-15-8-4-5-9-16(15)22-10-11-23-18(25)14(17(24)21-19(22)23)12-13-6-2-1-3-7-13/h1-9,14H,10-12H2. The minimum absolute atomic E-state index is 0.187. The quantitative estimate of drug-likeness (QED) is 0.797. The van der Waals surface area contributed by atoms with Gasteiger partial charge >= 0.3 is 0 Å². The van der Waals surface area contributed by atoms with Crippen LogP contribution in [0.15, 0.2) is 59.6 Å². The Balaban J connectivity index is 1.64. The number of amides is 2. The summed E-state index contributed by atoms with van der Waals surface area (Å²) in [5.41, 5.74) is 1.71. The van der Waals surface area contributed by atoms with Gasteiger partial charge in [0.25, 0.3) is 5.91 Å². The number of nitrogens with zero attached hydrogens (tertiary/aromatic N) is 3. The molecule has 0 N–H and O–H groups in total. The number of benzene rings is 2. The first-order valence-corrected chi connectivity index (χ1v) is 8.53. The van der Waals surface area contributed by atoms with Crippen molar-refractivity contribution in [2.24, 2.45) is 10.9 Å². The van der Waals surface area contributed by atoms with Gasteiger partial charge in [-0.2, -0.15) is 4.99 Å². The van der Waals surface area contributed by atoms with Gasteiger partial charge in [0.1, 0.15) is 5.92 Å². The molecule has 2 aromatic carbocycles. The molecular formula is C19H16ClN3O2. The summed E-state index contributed by atoms with van der Waals surface area (Å²) in [5, 5.41) is 0.568. The SMILES string of the molecule is O=C1N=C2N(CCN2c2ccccc2Cl)C(=O)C1Cc1ccccc1. The van der Waals surface area contributed by atoms with E-state index >= 15 is 0 Å². The van der Waals surface area contributed by atoms with E-state index in [0.29, 0.717) is 30.5 Å². The van der Waals surface area contributed by atoms with Crippen LogP contribution in [-0.4, -0.2) is 35.8 Å². The lowest BCUT2D eigenvalue weighted by molar-refractivity contribution is -0.138. The van der Waals surface area contributed by atoms with Crippen molar-refractivity contribution in [2.45, 2.75) is 6.42 Å². The van der Waals surface area contributed by atoms with E-state index in [4.69, 9.17) is 11.6 Å². The van der Waals surface area contributed by atoms with Gasteiger partial charge in [0, 0.05) is 13.1 Å². The topological polar surface area (TPSA) is 53.0 Å². The predicted molar refractivity (Wildman–Crippen MR) is 96.6 cm³/mol. The van der Waals surface area contributed by atoms with Gasteiger partial charge in [-0.3, -0.25) is 14.5 Å². The van der Waals surface area contributed by atoms with E-state index in [9.17, 15) is 9.59 Å². The second-order valence-electron chi connectivity index (χ2n) is 6.09. The molecule has 0 aromatic heterocycles. The zero-order valence-corrected chi connectivity index (χ0v) is 14.2. The highest BCUT2D eigenvalue weighted by atomic mass is 35.5. The number of rotatable bonds is 3. The van der Waals surface area contributed by atoms with E-state index in [1.807, 2.05) is 53.4 Å². The molecule has 2 aliphatic heterocycles. The lowest BCUT2D eigenvalue weighted by atomic mass is 9.96. The first kappa shape index (κ1) is 15.8. The molecule has 2 aromatic rings. The van der Waals surface area contributed by atoms with Gasteiger partial charge in [-0.15, -0.1) is 0 Å². The van der Waals surface area contributed by atoms with E-state index < -0.39 is 5.92 Å². The molecular weight excluding hydrogens is 338 g/mol. The first-order valence-electron chi connectivity index (χ1n) is 8.15. The molecule has 0 aliphatic carbocycles. The van der Waals surface area contributed by atoms with Crippen LogP contribution >= 0.6 is 11.6 Å². The Kier molecular flexibility index (Phi) is 4.01. The molecule has 6 heteroatoms. The van der Waals surface area contributed by atoms with Crippen LogP contribution in [0, 0.1) is 5.92 Å². The van der Waals surface area contributed by atoms with Gasteiger partial charge in [-0.1, -0.05) is 54.1 Å². The van der Waals surface area contributed by atoms with Crippen molar-refractivity contribution >= 4 is 35.1 Å². The number of carbonyl (C=O) groups excluding carboxylic acids is 2. The zero-order valence-electron chi connectivity index (χ0n) is 13.4. The number of halogens is 1. The number of carbonyl (C=O) groups is 2. The summed E-state index contributed by atoms with van der Waals surface area (Å²) in [6.07, 6.45) is 0.373. The molecule has 2 aliphatic rings. The minimum atomic E-state index is -0.752. The predicted octanol–water partition coefficient (Wildman–Crippen LogP) is 2.74. The average Bonchev–Trinajstić information content (AvgIpc) is 3.03. The molecule has 2 heterocycles. The van der Waals surface area contributed by atoms with Crippen molar-refractivity contribution in [3.05, 3.63) is 65.2 Å². The summed E-state index contributed by atoms with van der Waals surface area (Å²) in [7, 11) is 0. The van der Waals surface area contributed by atoms with Crippen LogP contribution in [0.2, 0.25) is 5.02 Å². The van der Waals surface area contributed by atoms with Crippen LogP contribution in [0.25, 0.3) is 0 Å². The van der Waals surface area contributed by atoms with Crippen molar-refractivity contribution < 1.29 is 9.59 Å². The van der Waals surface area contributed by atoms with Gasteiger partial charge in [0.05, 0.1) is 10.7 Å². The molecule has 0 bridgehead atoms. The second kappa shape index (κ2) is 6.33. The number of hydrogen-bond donors (Lipinski definition) is 0. The van der Waals surface area contributed by atoms with Gasteiger partial charge < -0.3 is 4.90 Å². The van der Waals surface area contributed by atoms with Gasteiger partial charge in [-0.05, 0) is 24.1 Å². The van der Waals surface area contributed by atoms with Crippen molar-refractivity contribution in [3.63, 3.8) is 0 Å². The number of guanidine groups is 1. The highest BCUT2D eigenvalue weighted by Gasteiger charge is 2.43. The Morgan fingerprint density at radius 2 is 1.64 bits per heavy atom. The molecule has 1 saturated heterocycles. The highest BCUT2D eigenvalue weighted by molar-refractivity contribution is 6.34. The molecule has 2 amide bonds. The molecule has 0 radical (unpaired) electrons. The largest absolute Gasteiger partial charge is 0.308 e. The molecule has 0 spiro atoms. The summed E-state index contributed by atoms with van der Waals surface area (Å²) in [6, 6.07) is 16.9. The third-order valence-electron chi connectivity index (χ3n) is 4.53. The van der Waals surface area contributed by atoms with Crippen LogP contribution < -0.4 is 4.90 Å². The Bertz CT molecular complexity index is 866.